The number of benzene rings is 1. The molecular weight excluding hydrogens is 354 g/mol. The summed E-state index contributed by atoms with van der Waals surface area (Å²) in [4.78, 5) is 26.0. The summed E-state index contributed by atoms with van der Waals surface area (Å²) in [5.41, 5.74) is 1.27. The number of hydrogen-bond donors (Lipinski definition) is 0. The molecule has 26 heavy (non-hydrogen) atoms. The Balaban J connectivity index is 1.47. The van der Waals surface area contributed by atoms with E-state index < -0.39 is 0 Å². The van der Waals surface area contributed by atoms with Crippen molar-refractivity contribution in [3.05, 3.63) is 51.9 Å². The summed E-state index contributed by atoms with van der Waals surface area (Å²) >= 11 is 1.84. The van der Waals surface area contributed by atoms with Crippen molar-refractivity contribution in [2.75, 3.05) is 25.6 Å². The average molecular weight is 373 g/mol. The standard InChI is InChI=1S/C18H19N3O4S/c1-20-17(22)5-3-13(19-20)18(23)21-7-6-16(26-9-8-21)12-2-4-14-15(10-12)25-11-24-14/h2-5,10,16H,6-9,11H2,1H3. The van der Waals surface area contributed by atoms with Gasteiger partial charge in [0.25, 0.3) is 11.5 Å². The molecule has 1 aromatic carbocycles. The molecule has 0 bridgehead atoms. The van der Waals surface area contributed by atoms with Crippen LogP contribution in [0.25, 0.3) is 0 Å². The molecular formula is C18H19N3O4S. The van der Waals surface area contributed by atoms with Crippen LogP contribution in [0.5, 0.6) is 11.5 Å². The van der Waals surface area contributed by atoms with Gasteiger partial charge < -0.3 is 14.4 Å². The van der Waals surface area contributed by atoms with E-state index in [0.29, 0.717) is 24.0 Å². The molecule has 0 N–H and O–H groups in total. The summed E-state index contributed by atoms with van der Waals surface area (Å²) in [7, 11) is 1.55. The summed E-state index contributed by atoms with van der Waals surface area (Å²) in [5.74, 6) is 2.28. The predicted octanol–water partition coefficient (Wildman–Crippen LogP) is 1.83. The fourth-order valence-corrected chi connectivity index (χ4v) is 4.35. The highest BCUT2D eigenvalue weighted by Gasteiger charge is 2.25. The summed E-state index contributed by atoms with van der Waals surface area (Å²) < 4.78 is 12.0. The smallest absolute Gasteiger partial charge is 0.274 e. The normalized spacial score (nSPS) is 19.3. The van der Waals surface area contributed by atoms with Gasteiger partial charge in [-0.25, -0.2) is 4.68 Å². The molecule has 1 atom stereocenters. The van der Waals surface area contributed by atoms with E-state index in [4.69, 9.17) is 9.47 Å². The second-order valence-corrected chi connectivity index (χ2v) is 7.54. The maximum absolute atomic E-state index is 12.7. The summed E-state index contributed by atoms with van der Waals surface area (Å²) in [5, 5.41) is 4.37. The van der Waals surface area contributed by atoms with Crippen molar-refractivity contribution < 1.29 is 14.3 Å². The van der Waals surface area contributed by atoms with Crippen molar-refractivity contribution in [3.8, 4) is 11.5 Å². The minimum atomic E-state index is -0.226. The Bertz CT molecular complexity index is 898. The number of nitrogens with zero attached hydrogens (tertiary/aromatic N) is 3. The molecule has 1 aromatic heterocycles. The van der Waals surface area contributed by atoms with E-state index in [1.54, 1.807) is 7.05 Å². The molecule has 2 aromatic rings. The van der Waals surface area contributed by atoms with Gasteiger partial charge in [-0.3, -0.25) is 9.59 Å². The van der Waals surface area contributed by atoms with Crippen molar-refractivity contribution in [3.63, 3.8) is 0 Å². The van der Waals surface area contributed by atoms with E-state index in [0.717, 1.165) is 23.7 Å². The molecule has 4 rings (SSSR count). The molecule has 136 valence electrons. The number of fused-ring (bicyclic) bond motifs is 1. The monoisotopic (exact) mass is 373 g/mol. The summed E-state index contributed by atoms with van der Waals surface area (Å²) in [6.45, 7) is 1.58. The first-order chi connectivity index (χ1) is 12.6. The van der Waals surface area contributed by atoms with Crippen LogP contribution in [-0.2, 0) is 7.05 Å². The fourth-order valence-electron chi connectivity index (χ4n) is 3.13. The zero-order valence-electron chi connectivity index (χ0n) is 14.4. The molecule has 3 heterocycles. The molecule has 0 aliphatic carbocycles. The van der Waals surface area contributed by atoms with Crippen molar-refractivity contribution in [2.24, 2.45) is 7.05 Å². The third-order valence-electron chi connectivity index (χ3n) is 4.58. The molecule has 1 unspecified atom stereocenters. The van der Waals surface area contributed by atoms with Gasteiger partial charge in [-0.05, 0) is 30.2 Å². The van der Waals surface area contributed by atoms with Crippen LogP contribution < -0.4 is 15.0 Å². The van der Waals surface area contributed by atoms with Gasteiger partial charge in [-0.1, -0.05) is 6.07 Å². The molecule has 1 fully saturated rings. The number of thioether (sulfide) groups is 1. The zero-order chi connectivity index (χ0) is 18.1. The predicted molar refractivity (Wildman–Crippen MR) is 97.8 cm³/mol. The van der Waals surface area contributed by atoms with Crippen LogP contribution in [-0.4, -0.2) is 46.2 Å². The Morgan fingerprint density at radius 3 is 2.88 bits per heavy atom. The third-order valence-corrected chi connectivity index (χ3v) is 5.91. The molecule has 1 amide bonds. The van der Waals surface area contributed by atoms with Crippen molar-refractivity contribution >= 4 is 17.7 Å². The highest BCUT2D eigenvalue weighted by atomic mass is 32.2. The average Bonchev–Trinajstić information content (AvgIpc) is 2.98. The summed E-state index contributed by atoms with van der Waals surface area (Å²) in [6, 6.07) is 8.92. The van der Waals surface area contributed by atoms with Gasteiger partial charge in [0.2, 0.25) is 6.79 Å². The molecule has 2 aliphatic heterocycles. The van der Waals surface area contributed by atoms with Crippen LogP contribution in [0.15, 0.2) is 35.1 Å². The molecule has 0 radical (unpaired) electrons. The Labute approximate surface area is 154 Å². The lowest BCUT2D eigenvalue weighted by atomic mass is 10.1. The Morgan fingerprint density at radius 2 is 2.04 bits per heavy atom. The lowest BCUT2D eigenvalue weighted by Crippen LogP contribution is -2.35. The molecule has 8 heteroatoms. The first kappa shape index (κ1) is 17.0. The van der Waals surface area contributed by atoms with Gasteiger partial charge in [0, 0.05) is 37.2 Å². The fraction of sp³-hybridized carbons (Fsp3) is 0.389. The quantitative estimate of drug-likeness (QED) is 0.800. The number of hydrogen-bond acceptors (Lipinski definition) is 6. The van der Waals surface area contributed by atoms with E-state index in [1.807, 2.05) is 28.8 Å². The molecule has 1 saturated heterocycles. The van der Waals surface area contributed by atoms with E-state index >= 15 is 0 Å². The Morgan fingerprint density at radius 1 is 1.19 bits per heavy atom. The van der Waals surface area contributed by atoms with Gasteiger partial charge in [0.1, 0.15) is 5.69 Å². The molecule has 0 saturated carbocycles. The van der Waals surface area contributed by atoms with Crippen molar-refractivity contribution in [2.45, 2.75) is 11.7 Å². The van der Waals surface area contributed by atoms with Crippen molar-refractivity contribution in [1.29, 1.82) is 0 Å². The molecule has 0 spiro atoms. The number of ether oxygens (including phenoxy) is 2. The van der Waals surface area contributed by atoms with Crippen LogP contribution in [0.3, 0.4) is 0 Å². The van der Waals surface area contributed by atoms with Crippen LogP contribution >= 0.6 is 11.8 Å². The summed E-state index contributed by atoms with van der Waals surface area (Å²) in [6.07, 6.45) is 0.849. The maximum Gasteiger partial charge on any atom is 0.274 e. The van der Waals surface area contributed by atoms with Gasteiger partial charge in [-0.15, -0.1) is 0 Å². The minimum Gasteiger partial charge on any atom is -0.454 e. The van der Waals surface area contributed by atoms with Gasteiger partial charge in [0.15, 0.2) is 11.5 Å². The number of rotatable bonds is 2. The molecule has 2 aliphatic rings. The lowest BCUT2D eigenvalue weighted by Gasteiger charge is -2.20. The maximum atomic E-state index is 12.7. The van der Waals surface area contributed by atoms with E-state index in [9.17, 15) is 9.59 Å². The van der Waals surface area contributed by atoms with Gasteiger partial charge >= 0.3 is 0 Å². The van der Waals surface area contributed by atoms with Crippen LogP contribution in [0.4, 0.5) is 0 Å². The highest BCUT2D eigenvalue weighted by Crippen LogP contribution is 2.40. The zero-order valence-corrected chi connectivity index (χ0v) is 15.2. The topological polar surface area (TPSA) is 73.7 Å². The number of carbonyl (C=O) groups excluding carboxylic acids is 1. The Kier molecular flexibility index (Phi) is 4.58. The third kappa shape index (κ3) is 3.29. The van der Waals surface area contributed by atoms with E-state index in [1.165, 1.54) is 22.4 Å². The number of aryl methyl sites for hydroxylation is 1. The van der Waals surface area contributed by atoms with Gasteiger partial charge in [-0.2, -0.15) is 16.9 Å². The van der Waals surface area contributed by atoms with E-state index in [-0.39, 0.29) is 18.3 Å². The van der Waals surface area contributed by atoms with Crippen LogP contribution in [0, 0.1) is 0 Å². The lowest BCUT2D eigenvalue weighted by molar-refractivity contribution is 0.0758. The minimum absolute atomic E-state index is 0.132. The highest BCUT2D eigenvalue weighted by molar-refractivity contribution is 7.99. The number of carbonyl (C=O) groups is 1. The second kappa shape index (κ2) is 7.03. The van der Waals surface area contributed by atoms with Crippen LogP contribution in [0.1, 0.15) is 27.7 Å². The first-order valence-corrected chi connectivity index (χ1v) is 9.51. The second-order valence-electron chi connectivity index (χ2n) is 6.23. The SMILES string of the molecule is Cn1nc(C(=O)N2CCSC(c3ccc4c(c3)OCO4)CC2)ccc1=O. The number of amides is 1. The van der Waals surface area contributed by atoms with E-state index in [2.05, 4.69) is 11.2 Å². The Hall–Kier alpha value is -2.48. The largest absolute Gasteiger partial charge is 0.454 e. The van der Waals surface area contributed by atoms with Crippen molar-refractivity contribution in [1.82, 2.24) is 14.7 Å². The number of aromatic nitrogens is 2. The first-order valence-electron chi connectivity index (χ1n) is 8.46. The van der Waals surface area contributed by atoms with Gasteiger partial charge in [0.05, 0.1) is 0 Å². The molecule has 7 nitrogen and oxygen atoms in total. The van der Waals surface area contributed by atoms with Crippen LogP contribution in [0.2, 0.25) is 0 Å².